The van der Waals surface area contributed by atoms with Gasteiger partial charge in [0.2, 0.25) is 0 Å². The first-order valence-corrected chi connectivity index (χ1v) is 9.46. The van der Waals surface area contributed by atoms with Crippen LogP contribution in [0.4, 0.5) is 15.0 Å². The molecule has 1 saturated heterocycles. The van der Waals surface area contributed by atoms with Gasteiger partial charge in [-0.1, -0.05) is 6.07 Å². The van der Waals surface area contributed by atoms with Crippen LogP contribution in [-0.2, 0) is 0 Å². The number of benzene rings is 1. The molecule has 0 bridgehead atoms. The quantitative estimate of drug-likeness (QED) is 0.778. The van der Waals surface area contributed by atoms with E-state index in [2.05, 4.69) is 15.2 Å². The molecule has 1 aromatic carbocycles. The number of hydrogen-bond acceptors (Lipinski definition) is 4. The van der Waals surface area contributed by atoms with Crippen molar-refractivity contribution in [3.8, 4) is 0 Å². The first-order chi connectivity index (χ1) is 13.5. The molecule has 0 unspecified atom stereocenters. The maximum absolute atomic E-state index is 13.0. The number of carbonyl (C=O) groups is 2. The number of Topliss-reactive ketones (excluding diaryl/α,β-unsaturated/α-hetero) is 1. The summed E-state index contributed by atoms with van der Waals surface area (Å²) in [6.45, 7) is 2.57. The fraction of sp³-hybridized carbons (Fsp3) is 0.381. The van der Waals surface area contributed by atoms with Gasteiger partial charge in [0.25, 0.3) is 0 Å². The van der Waals surface area contributed by atoms with Crippen LogP contribution in [-0.4, -0.2) is 54.9 Å². The zero-order valence-electron chi connectivity index (χ0n) is 16.0. The maximum atomic E-state index is 13.0. The number of anilines is 1. The number of ketones is 1. The zero-order chi connectivity index (χ0) is 19.9. The molecule has 0 radical (unpaired) electrons. The Morgan fingerprint density at radius 2 is 1.89 bits per heavy atom. The van der Waals surface area contributed by atoms with E-state index in [-0.39, 0.29) is 17.6 Å². The Morgan fingerprint density at radius 1 is 1.18 bits per heavy atom. The van der Waals surface area contributed by atoms with Crippen LogP contribution in [0, 0.1) is 11.7 Å². The second kappa shape index (κ2) is 9.41. The van der Waals surface area contributed by atoms with Crippen molar-refractivity contribution in [1.82, 2.24) is 15.2 Å². The predicted molar refractivity (Wildman–Crippen MR) is 106 cm³/mol. The molecule has 1 aromatic heterocycles. The third-order valence-corrected chi connectivity index (χ3v) is 5.08. The van der Waals surface area contributed by atoms with Gasteiger partial charge in [0.1, 0.15) is 11.6 Å². The van der Waals surface area contributed by atoms with Crippen LogP contribution in [0.2, 0.25) is 0 Å². The van der Waals surface area contributed by atoms with Crippen molar-refractivity contribution in [2.45, 2.75) is 12.8 Å². The molecule has 3 rings (SSSR count). The highest BCUT2D eigenvalue weighted by Crippen LogP contribution is 2.17. The number of nitrogens with zero attached hydrogens (tertiary/aromatic N) is 3. The van der Waals surface area contributed by atoms with Gasteiger partial charge in [-0.05, 0) is 68.2 Å². The molecule has 2 aromatic rings. The fourth-order valence-corrected chi connectivity index (χ4v) is 3.29. The largest absolute Gasteiger partial charge is 0.337 e. The number of rotatable bonds is 6. The van der Waals surface area contributed by atoms with Crippen molar-refractivity contribution in [2.24, 2.45) is 5.92 Å². The molecule has 1 aliphatic rings. The highest BCUT2D eigenvalue weighted by atomic mass is 19.1. The number of hydrogen-bond donors (Lipinski definition) is 1. The minimum atomic E-state index is -0.340. The Labute approximate surface area is 164 Å². The van der Waals surface area contributed by atoms with Crippen molar-refractivity contribution in [3.63, 3.8) is 0 Å². The number of likely N-dealkylation sites (tertiary alicyclic amines) is 1. The SMILES string of the molecule is CN(C(=O)NCC1CCN(CC(=O)c2ccc(F)cc2)CC1)c1ccccn1. The van der Waals surface area contributed by atoms with Gasteiger partial charge in [0.15, 0.2) is 5.78 Å². The van der Waals surface area contributed by atoms with Crippen LogP contribution in [0.5, 0.6) is 0 Å². The van der Waals surface area contributed by atoms with Gasteiger partial charge in [-0.3, -0.25) is 14.6 Å². The first kappa shape index (κ1) is 19.9. The smallest absolute Gasteiger partial charge is 0.322 e. The number of aromatic nitrogens is 1. The van der Waals surface area contributed by atoms with Gasteiger partial charge in [-0.2, -0.15) is 0 Å². The third-order valence-electron chi connectivity index (χ3n) is 5.08. The molecule has 6 nitrogen and oxygen atoms in total. The molecule has 0 spiro atoms. The second-order valence-corrected chi connectivity index (χ2v) is 7.08. The molecule has 0 atom stereocenters. The average molecular weight is 384 g/mol. The van der Waals surface area contributed by atoms with E-state index in [1.54, 1.807) is 19.3 Å². The normalized spacial score (nSPS) is 15.2. The standard InChI is InChI=1S/C21H25FN4O2/c1-25(20-4-2-3-11-23-20)21(28)24-14-16-9-12-26(13-10-16)15-19(27)17-5-7-18(22)8-6-17/h2-8,11,16H,9-10,12-15H2,1H3,(H,24,28). The number of pyridine rings is 1. The van der Waals surface area contributed by atoms with Crippen LogP contribution >= 0.6 is 0 Å². The summed E-state index contributed by atoms with van der Waals surface area (Å²) in [6.07, 6.45) is 3.50. The molecule has 0 saturated carbocycles. The van der Waals surface area contributed by atoms with Gasteiger partial charge >= 0.3 is 6.03 Å². The molecule has 1 fully saturated rings. The van der Waals surface area contributed by atoms with Crippen molar-refractivity contribution in [3.05, 3.63) is 60.0 Å². The summed E-state index contributed by atoms with van der Waals surface area (Å²) in [7, 11) is 1.70. The summed E-state index contributed by atoms with van der Waals surface area (Å²) in [5.41, 5.74) is 0.536. The van der Waals surface area contributed by atoms with Gasteiger partial charge in [-0.25, -0.2) is 14.2 Å². The third kappa shape index (κ3) is 5.36. The molecule has 1 aliphatic heterocycles. The van der Waals surface area contributed by atoms with Crippen LogP contribution in [0.15, 0.2) is 48.7 Å². The number of carbonyl (C=O) groups excluding carboxylic acids is 2. The van der Waals surface area contributed by atoms with Crippen LogP contribution < -0.4 is 10.2 Å². The Kier molecular flexibility index (Phi) is 6.71. The number of urea groups is 1. The summed E-state index contributed by atoms with van der Waals surface area (Å²) >= 11 is 0. The van der Waals surface area contributed by atoms with E-state index in [4.69, 9.17) is 0 Å². The zero-order valence-corrected chi connectivity index (χ0v) is 16.0. The van der Waals surface area contributed by atoms with E-state index >= 15 is 0 Å². The topological polar surface area (TPSA) is 65.5 Å². The highest BCUT2D eigenvalue weighted by Gasteiger charge is 2.22. The molecule has 28 heavy (non-hydrogen) atoms. The summed E-state index contributed by atoms with van der Waals surface area (Å²) in [4.78, 5) is 32.3. The van der Waals surface area contributed by atoms with E-state index in [1.165, 1.54) is 29.2 Å². The van der Waals surface area contributed by atoms with Gasteiger partial charge < -0.3 is 5.32 Å². The van der Waals surface area contributed by atoms with E-state index in [0.29, 0.717) is 30.4 Å². The molecule has 2 amide bonds. The highest BCUT2D eigenvalue weighted by molar-refractivity contribution is 5.97. The molecule has 1 N–H and O–H groups in total. The van der Waals surface area contributed by atoms with Gasteiger partial charge in [0, 0.05) is 25.4 Å². The van der Waals surface area contributed by atoms with Crippen LogP contribution in [0.3, 0.4) is 0 Å². The number of amides is 2. The van der Waals surface area contributed by atoms with E-state index in [0.717, 1.165) is 25.9 Å². The summed E-state index contributed by atoms with van der Waals surface area (Å²) in [6, 6.07) is 10.9. The van der Waals surface area contributed by atoms with Gasteiger partial charge in [0.05, 0.1) is 6.54 Å². The second-order valence-electron chi connectivity index (χ2n) is 7.08. The molecule has 2 heterocycles. The molecule has 7 heteroatoms. The number of halogens is 1. The lowest BCUT2D eigenvalue weighted by Gasteiger charge is -2.31. The summed E-state index contributed by atoms with van der Waals surface area (Å²) < 4.78 is 13.0. The van der Waals surface area contributed by atoms with E-state index in [1.807, 2.05) is 12.1 Å². The van der Waals surface area contributed by atoms with E-state index < -0.39 is 0 Å². The summed E-state index contributed by atoms with van der Waals surface area (Å²) in [5, 5.41) is 2.96. The molecule has 0 aliphatic carbocycles. The monoisotopic (exact) mass is 384 g/mol. The molecular weight excluding hydrogens is 359 g/mol. The first-order valence-electron chi connectivity index (χ1n) is 9.46. The minimum Gasteiger partial charge on any atom is -0.337 e. The molecule has 148 valence electrons. The fourth-order valence-electron chi connectivity index (χ4n) is 3.29. The Morgan fingerprint density at radius 3 is 2.54 bits per heavy atom. The lowest BCUT2D eigenvalue weighted by molar-refractivity contribution is 0.0896. The van der Waals surface area contributed by atoms with Gasteiger partial charge in [-0.15, -0.1) is 0 Å². The van der Waals surface area contributed by atoms with Crippen molar-refractivity contribution < 1.29 is 14.0 Å². The van der Waals surface area contributed by atoms with Crippen molar-refractivity contribution in [1.29, 1.82) is 0 Å². The number of nitrogens with one attached hydrogen (secondary N) is 1. The van der Waals surface area contributed by atoms with Crippen LogP contribution in [0.1, 0.15) is 23.2 Å². The van der Waals surface area contributed by atoms with Crippen LogP contribution in [0.25, 0.3) is 0 Å². The Hall–Kier alpha value is -2.80. The summed E-state index contributed by atoms with van der Waals surface area (Å²) in [5.74, 6) is 0.657. The average Bonchev–Trinajstić information content (AvgIpc) is 2.73. The molecular formula is C21H25FN4O2. The van der Waals surface area contributed by atoms with Crippen molar-refractivity contribution >= 4 is 17.6 Å². The Balaban J connectivity index is 1.40. The minimum absolute atomic E-state index is 0.00346. The number of piperidine rings is 1. The lowest BCUT2D eigenvalue weighted by Crippen LogP contribution is -2.43. The lowest BCUT2D eigenvalue weighted by atomic mass is 9.96. The van der Waals surface area contributed by atoms with E-state index in [9.17, 15) is 14.0 Å². The maximum Gasteiger partial charge on any atom is 0.322 e. The predicted octanol–water partition coefficient (Wildman–Crippen LogP) is 2.96. The Bertz CT molecular complexity index is 790. The van der Waals surface area contributed by atoms with Crippen molar-refractivity contribution in [2.75, 3.05) is 38.1 Å².